The number of esters is 2. The van der Waals surface area contributed by atoms with E-state index in [2.05, 4.69) is 6.92 Å². The minimum atomic E-state index is -1.21. The van der Waals surface area contributed by atoms with Crippen LogP contribution in [-0.4, -0.2) is 61.3 Å². The monoisotopic (exact) mass is 726 g/mol. The van der Waals surface area contributed by atoms with Crippen LogP contribution in [0, 0.1) is 0 Å². The van der Waals surface area contributed by atoms with Crippen molar-refractivity contribution in [2.45, 2.75) is 134 Å². The zero-order valence-corrected chi connectivity index (χ0v) is 31.9. The number of hydrogen-bond acceptors (Lipinski definition) is 8. The number of carbonyl (C=O) groups is 4. The normalized spacial score (nSPS) is 12.4. The van der Waals surface area contributed by atoms with Gasteiger partial charge >= 0.3 is 11.9 Å². The van der Waals surface area contributed by atoms with Gasteiger partial charge in [0.25, 0.3) is 5.91 Å². The number of nitrogens with zero attached hydrogens (tertiary/aromatic N) is 1. The van der Waals surface area contributed by atoms with Gasteiger partial charge in [0.15, 0.2) is 1.41 Å². The summed E-state index contributed by atoms with van der Waals surface area (Å²) in [6.45, 7) is 4.00. The van der Waals surface area contributed by atoms with Gasteiger partial charge in [0, 0.05) is 23.6 Å². The molecule has 0 fully saturated rings. The summed E-state index contributed by atoms with van der Waals surface area (Å²) in [5.41, 5.74) is 7.56. The highest BCUT2D eigenvalue weighted by molar-refractivity contribution is 7.98. The van der Waals surface area contributed by atoms with Crippen molar-refractivity contribution in [3.8, 4) is 0 Å². The Kier molecular flexibility index (Phi) is 23.3. The lowest BCUT2D eigenvalue weighted by atomic mass is 10.0. The van der Waals surface area contributed by atoms with Crippen LogP contribution in [0.1, 0.15) is 122 Å². The van der Waals surface area contributed by atoms with Crippen molar-refractivity contribution in [1.29, 1.82) is 0 Å². The van der Waals surface area contributed by atoms with E-state index in [0.29, 0.717) is 16.8 Å². The lowest BCUT2D eigenvalue weighted by Gasteiger charge is -2.27. The highest BCUT2D eigenvalue weighted by Crippen LogP contribution is 2.19. The maximum atomic E-state index is 14.0. The summed E-state index contributed by atoms with van der Waals surface area (Å²) < 4.78 is 19.2. The van der Waals surface area contributed by atoms with Crippen molar-refractivity contribution in [2.24, 2.45) is 5.73 Å². The van der Waals surface area contributed by atoms with Crippen LogP contribution >= 0.6 is 11.8 Å². The van der Waals surface area contributed by atoms with E-state index in [1.54, 1.807) is 37.3 Å². The molecule has 0 aliphatic heterocycles. The van der Waals surface area contributed by atoms with Crippen molar-refractivity contribution < 1.29 is 30.1 Å². The predicted molar refractivity (Wildman–Crippen MR) is 208 cm³/mol. The van der Waals surface area contributed by atoms with Gasteiger partial charge in [-0.25, -0.2) is 0 Å². The Bertz CT molecular complexity index is 1270. The average molecular weight is 727 g/mol. The number of rotatable bonds is 29. The predicted octanol–water partition coefficient (Wildman–Crippen LogP) is 8.13. The van der Waals surface area contributed by atoms with Crippen LogP contribution in [-0.2, 0) is 34.4 Å². The Hall–Kier alpha value is -3.37. The molecule has 9 nitrogen and oxygen atoms in total. The van der Waals surface area contributed by atoms with Crippen LogP contribution in [0.15, 0.2) is 60.7 Å². The summed E-state index contributed by atoms with van der Waals surface area (Å²) >= 11 is 1.41. The third-order valence-electron chi connectivity index (χ3n) is 8.61. The van der Waals surface area contributed by atoms with Crippen LogP contribution in [0.4, 0.5) is 5.69 Å². The molecule has 284 valence electrons. The lowest BCUT2D eigenvalue weighted by Crippen LogP contribution is -2.52. The number of thioether (sulfide) groups is 1. The van der Waals surface area contributed by atoms with E-state index in [-0.39, 0.29) is 38.4 Å². The third kappa shape index (κ3) is 20.3. The number of amides is 2. The van der Waals surface area contributed by atoms with Gasteiger partial charge in [-0.05, 0) is 37.5 Å². The van der Waals surface area contributed by atoms with E-state index in [1.165, 1.54) is 87.3 Å². The summed E-state index contributed by atoms with van der Waals surface area (Å²) in [6, 6.07) is 16.1. The number of anilines is 1. The summed E-state index contributed by atoms with van der Waals surface area (Å²) in [7, 11) is 0. The van der Waals surface area contributed by atoms with E-state index in [0.717, 1.165) is 24.8 Å². The molecule has 2 aromatic rings. The second-order valence-corrected chi connectivity index (χ2v) is 14.0. The van der Waals surface area contributed by atoms with E-state index in [1.807, 2.05) is 30.3 Å². The van der Waals surface area contributed by atoms with Crippen molar-refractivity contribution in [3.63, 3.8) is 0 Å². The van der Waals surface area contributed by atoms with E-state index < -0.39 is 35.8 Å². The molecule has 0 aromatic heterocycles. The first-order valence-electron chi connectivity index (χ1n) is 19.6. The number of para-hydroxylation sites is 1. The fourth-order valence-electron chi connectivity index (χ4n) is 5.66. The smallest absolute Gasteiger partial charge is 0.326 e. The first-order valence-corrected chi connectivity index (χ1v) is 20.3. The quantitative estimate of drug-likeness (QED) is 0.0636. The molecule has 0 saturated heterocycles. The van der Waals surface area contributed by atoms with Gasteiger partial charge in [-0.1, -0.05) is 139 Å². The number of nitrogens with two attached hydrogens (primary N) is 1. The second kappa shape index (κ2) is 28.2. The van der Waals surface area contributed by atoms with Gasteiger partial charge < -0.3 is 20.5 Å². The Morgan fingerprint density at radius 3 is 1.90 bits per heavy atom. The number of carbonyl (C=O) groups excluding carboxylic acids is 4. The lowest BCUT2D eigenvalue weighted by molar-refractivity contribution is -0.145. The number of ether oxygens (including phenoxy) is 2. The zero-order valence-electron chi connectivity index (χ0n) is 32.1. The fourth-order valence-corrected chi connectivity index (χ4v) is 6.64. The number of hydrogen-bond donors (Lipinski definition) is 2. The standard InChI is InChI=1S/C41H63N3O6S/c1-3-5-6-7-8-9-10-11-12-13-14-15-16-23-30-50-41(48)36(42)28-29-38(45)43-37(33-51-32-34-24-19-17-20-25-34)40(47)44(31-39(46)49-4-2)35-26-21-18-22-27-35/h17-22,24-27,36-37H,3-16,23,28-33,42H2,1-2H3,(H,43,45)/t36-,37-/m0/s1/i/hD. The molecule has 51 heavy (non-hydrogen) atoms. The molecule has 10 heteroatoms. The largest absolute Gasteiger partial charge is 0.465 e. The molecule has 0 radical (unpaired) electrons. The third-order valence-corrected chi connectivity index (χ3v) is 9.70. The number of unbranched alkanes of at least 4 members (excludes halogenated alkanes) is 13. The molecule has 0 unspecified atom stereocenters. The molecule has 2 aromatic carbocycles. The van der Waals surface area contributed by atoms with Crippen molar-refractivity contribution in [3.05, 3.63) is 66.2 Å². The molecule has 3 N–H and O–H groups in total. The Balaban J connectivity index is 1.82. The van der Waals surface area contributed by atoms with Crippen LogP contribution < -0.4 is 15.9 Å². The Morgan fingerprint density at radius 2 is 1.33 bits per heavy atom. The van der Waals surface area contributed by atoms with Gasteiger partial charge in [0.1, 0.15) is 18.6 Å². The van der Waals surface area contributed by atoms with Crippen LogP contribution in [0.3, 0.4) is 0 Å². The topological polar surface area (TPSA) is 128 Å². The van der Waals surface area contributed by atoms with Gasteiger partial charge in [0.2, 0.25) is 5.91 Å². The highest BCUT2D eigenvalue weighted by atomic mass is 32.2. The molecule has 2 amide bonds. The molecule has 0 aliphatic carbocycles. The zero-order chi connectivity index (χ0) is 37.8. The molecule has 0 saturated carbocycles. The number of benzene rings is 2. The summed E-state index contributed by atoms with van der Waals surface area (Å²) in [6.07, 6.45) is 17.1. The van der Waals surface area contributed by atoms with Gasteiger partial charge in [-0.15, -0.1) is 0 Å². The molecular weight excluding hydrogens is 663 g/mol. The van der Waals surface area contributed by atoms with E-state index >= 15 is 0 Å². The van der Waals surface area contributed by atoms with Gasteiger partial charge in [-0.2, -0.15) is 11.8 Å². The van der Waals surface area contributed by atoms with Crippen LogP contribution in [0.25, 0.3) is 0 Å². The second-order valence-electron chi connectivity index (χ2n) is 13.0. The minimum absolute atomic E-state index is 0.0188. The molecule has 0 bridgehead atoms. The van der Waals surface area contributed by atoms with Gasteiger partial charge in [-0.3, -0.25) is 24.1 Å². The van der Waals surface area contributed by atoms with Crippen molar-refractivity contribution >= 4 is 41.2 Å². The summed E-state index contributed by atoms with van der Waals surface area (Å²) in [4.78, 5) is 53.6. The Morgan fingerprint density at radius 1 is 0.784 bits per heavy atom. The summed E-state index contributed by atoms with van der Waals surface area (Å²) in [5, 5.41) is 0.661. The molecule has 0 aliphatic rings. The maximum absolute atomic E-state index is 14.0. The Labute approximate surface area is 312 Å². The molecule has 2 atom stereocenters. The van der Waals surface area contributed by atoms with Crippen molar-refractivity contribution in [2.75, 3.05) is 30.4 Å². The average Bonchev–Trinajstić information content (AvgIpc) is 3.16. The van der Waals surface area contributed by atoms with E-state index in [9.17, 15) is 19.2 Å². The molecular formula is C41H63N3O6S. The summed E-state index contributed by atoms with van der Waals surface area (Å²) in [5.74, 6) is -1.74. The maximum Gasteiger partial charge on any atom is 0.326 e. The van der Waals surface area contributed by atoms with Gasteiger partial charge in [0.05, 0.1) is 13.2 Å². The fraction of sp³-hybridized carbons (Fsp3) is 0.610. The molecule has 0 spiro atoms. The number of nitrogens with one attached hydrogen (secondary N) is 1. The molecule has 2 rings (SSSR count). The molecule has 0 heterocycles. The van der Waals surface area contributed by atoms with Crippen LogP contribution in [0.5, 0.6) is 0 Å². The first kappa shape index (κ1) is 42.0. The SMILES string of the molecule is [2H]N(C(=O)CC[C@H](N)C(=O)OCCCCCCCCCCCCCCCC)[C@@H](CSCc1ccccc1)C(=O)N(CC(=O)OCC)c1ccccc1. The van der Waals surface area contributed by atoms with Crippen molar-refractivity contribution in [1.82, 2.24) is 5.31 Å². The highest BCUT2D eigenvalue weighted by Gasteiger charge is 2.29. The van der Waals surface area contributed by atoms with E-state index in [4.69, 9.17) is 16.6 Å². The van der Waals surface area contributed by atoms with Crippen LogP contribution in [0.2, 0.25) is 1.41 Å². The minimum Gasteiger partial charge on any atom is -0.465 e. The first-order chi connectivity index (χ1) is 25.3.